The van der Waals surface area contributed by atoms with Gasteiger partial charge in [-0.3, -0.25) is 9.59 Å². The monoisotopic (exact) mass is 270 g/mol. The fourth-order valence-corrected chi connectivity index (χ4v) is 2.29. The first-order chi connectivity index (χ1) is 8.52. The quantitative estimate of drug-likeness (QED) is 0.761. The third-order valence-corrected chi connectivity index (χ3v) is 3.31. The molecule has 2 atom stereocenters. The Bertz CT molecular complexity index is 390. The molecule has 5 nitrogen and oxygen atoms in total. The maximum Gasteiger partial charge on any atom is 0.307 e. The summed E-state index contributed by atoms with van der Waals surface area (Å²) in [5.41, 5.74) is 5.57. The molecule has 0 spiro atoms. The van der Waals surface area contributed by atoms with Gasteiger partial charge in [-0.15, -0.1) is 11.3 Å². The van der Waals surface area contributed by atoms with E-state index in [1.807, 2.05) is 17.5 Å². The van der Waals surface area contributed by atoms with E-state index < -0.39 is 0 Å². The summed E-state index contributed by atoms with van der Waals surface area (Å²) < 4.78 is 4.63. The number of carbonyl (C=O) groups excluding carboxylic acids is 2. The Morgan fingerprint density at radius 1 is 1.50 bits per heavy atom. The average Bonchev–Trinajstić information content (AvgIpc) is 2.80. The zero-order valence-electron chi connectivity index (χ0n) is 10.5. The number of methoxy groups -OCH3 is 1. The van der Waals surface area contributed by atoms with Crippen molar-refractivity contribution in [3.05, 3.63) is 22.4 Å². The van der Waals surface area contributed by atoms with E-state index in [9.17, 15) is 9.59 Å². The smallest absolute Gasteiger partial charge is 0.307 e. The molecule has 1 rings (SSSR count). The van der Waals surface area contributed by atoms with Crippen LogP contribution in [0.25, 0.3) is 0 Å². The second-order valence-electron chi connectivity index (χ2n) is 4.10. The van der Waals surface area contributed by atoms with Crippen LogP contribution in [-0.2, 0) is 14.3 Å². The molecule has 1 heterocycles. The van der Waals surface area contributed by atoms with Crippen LogP contribution in [0, 0.1) is 0 Å². The van der Waals surface area contributed by atoms with Crippen molar-refractivity contribution in [1.29, 1.82) is 0 Å². The molecule has 6 heteroatoms. The Morgan fingerprint density at radius 3 is 2.72 bits per heavy atom. The van der Waals surface area contributed by atoms with Crippen LogP contribution in [0.4, 0.5) is 0 Å². The minimum atomic E-state index is -0.352. The predicted molar refractivity (Wildman–Crippen MR) is 70.1 cm³/mol. The molecule has 0 aromatic carbocycles. The fraction of sp³-hybridized carbons (Fsp3) is 0.500. The molecule has 100 valence electrons. The highest BCUT2D eigenvalue weighted by atomic mass is 32.1. The molecular weight excluding hydrogens is 252 g/mol. The van der Waals surface area contributed by atoms with Gasteiger partial charge >= 0.3 is 5.97 Å². The van der Waals surface area contributed by atoms with Crippen LogP contribution in [-0.4, -0.2) is 25.0 Å². The van der Waals surface area contributed by atoms with Crippen molar-refractivity contribution >= 4 is 23.2 Å². The molecule has 0 aliphatic rings. The maximum atomic E-state index is 11.7. The minimum Gasteiger partial charge on any atom is -0.469 e. The zero-order chi connectivity index (χ0) is 13.5. The van der Waals surface area contributed by atoms with Crippen LogP contribution in [0.1, 0.15) is 30.7 Å². The second kappa shape index (κ2) is 7.13. The van der Waals surface area contributed by atoms with Crippen molar-refractivity contribution in [2.45, 2.75) is 31.8 Å². The summed E-state index contributed by atoms with van der Waals surface area (Å²) in [5.74, 6) is -0.512. The van der Waals surface area contributed by atoms with Crippen molar-refractivity contribution in [3.8, 4) is 0 Å². The molecule has 0 bridgehead atoms. The highest BCUT2D eigenvalue weighted by molar-refractivity contribution is 7.10. The Hall–Kier alpha value is -1.40. The van der Waals surface area contributed by atoms with E-state index in [1.54, 1.807) is 6.92 Å². The number of amides is 1. The summed E-state index contributed by atoms with van der Waals surface area (Å²) in [6.45, 7) is 1.76. The third-order valence-electron chi connectivity index (χ3n) is 2.33. The first-order valence-corrected chi connectivity index (χ1v) is 6.56. The van der Waals surface area contributed by atoms with Gasteiger partial charge in [0, 0.05) is 17.3 Å². The van der Waals surface area contributed by atoms with Gasteiger partial charge in [0.05, 0.1) is 19.6 Å². The summed E-state index contributed by atoms with van der Waals surface area (Å²) >= 11 is 1.49. The number of hydrogen-bond donors (Lipinski definition) is 2. The molecular formula is C12H18N2O3S. The molecule has 0 saturated heterocycles. The van der Waals surface area contributed by atoms with Gasteiger partial charge in [-0.1, -0.05) is 6.07 Å². The van der Waals surface area contributed by atoms with E-state index in [2.05, 4.69) is 10.1 Å². The lowest BCUT2D eigenvalue weighted by molar-refractivity contribution is -0.141. The summed E-state index contributed by atoms with van der Waals surface area (Å²) in [7, 11) is 1.33. The summed E-state index contributed by atoms with van der Waals surface area (Å²) in [6.07, 6.45) is 0.366. The Kier molecular flexibility index (Phi) is 5.80. The summed E-state index contributed by atoms with van der Waals surface area (Å²) in [6, 6.07) is 3.21. The molecule has 2 unspecified atom stereocenters. The van der Waals surface area contributed by atoms with Crippen LogP contribution in [0.2, 0.25) is 0 Å². The SMILES string of the molecule is COC(=O)CC(NC(=O)CC(C)N)c1cccs1. The van der Waals surface area contributed by atoms with Gasteiger partial charge in [0.2, 0.25) is 5.91 Å². The molecule has 0 aliphatic carbocycles. The highest BCUT2D eigenvalue weighted by Crippen LogP contribution is 2.22. The van der Waals surface area contributed by atoms with Crippen molar-refractivity contribution in [1.82, 2.24) is 5.32 Å². The number of esters is 1. The van der Waals surface area contributed by atoms with E-state index in [0.29, 0.717) is 0 Å². The van der Waals surface area contributed by atoms with E-state index in [1.165, 1.54) is 18.4 Å². The summed E-state index contributed by atoms with van der Waals surface area (Å²) in [4.78, 5) is 23.9. The van der Waals surface area contributed by atoms with Gasteiger partial charge in [0.25, 0.3) is 0 Å². The van der Waals surface area contributed by atoms with Gasteiger partial charge in [-0.05, 0) is 18.4 Å². The molecule has 3 N–H and O–H groups in total. The molecule has 0 radical (unpaired) electrons. The van der Waals surface area contributed by atoms with E-state index >= 15 is 0 Å². The molecule has 0 fully saturated rings. The number of nitrogens with one attached hydrogen (secondary N) is 1. The largest absolute Gasteiger partial charge is 0.469 e. The normalized spacial score (nSPS) is 13.7. The van der Waals surface area contributed by atoms with Crippen LogP contribution >= 0.6 is 11.3 Å². The Morgan fingerprint density at radius 2 is 2.22 bits per heavy atom. The number of carbonyl (C=O) groups is 2. The van der Waals surface area contributed by atoms with Crippen LogP contribution < -0.4 is 11.1 Å². The minimum absolute atomic E-state index is 0.127. The van der Waals surface area contributed by atoms with Crippen LogP contribution in [0.3, 0.4) is 0 Å². The lowest BCUT2D eigenvalue weighted by atomic mass is 10.1. The van der Waals surface area contributed by atoms with Crippen molar-refractivity contribution < 1.29 is 14.3 Å². The number of hydrogen-bond acceptors (Lipinski definition) is 5. The Balaban J connectivity index is 2.66. The van der Waals surface area contributed by atoms with Crippen molar-refractivity contribution in [2.75, 3.05) is 7.11 Å². The van der Waals surface area contributed by atoms with E-state index in [4.69, 9.17) is 5.73 Å². The first kappa shape index (κ1) is 14.7. The number of nitrogens with two attached hydrogens (primary N) is 1. The van der Waals surface area contributed by atoms with E-state index in [-0.39, 0.29) is 36.8 Å². The van der Waals surface area contributed by atoms with Crippen molar-refractivity contribution in [3.63, 3.8) is 0 Å². The lowest BCUT2D eigenvalue weighted by Gasteiger charge is -2.17. The topological polar surface area (TPSA) is 81.4 Å². The number of thiophene rings is 1. The molecule has 1 aromatic heterocycles. The number of rotatable bonds is 6. The van der Waals surface area contributed by atoms with Gasteiger partial charge in [0.1, 0.15) is 0 Å². The van der Waals surface area contributed by atoms with Crippen molar-refractivity contribution in [2.24, 2.45) is 5.73 Å². The standard InChI is InChI=1S/C12H18N2O3S/c1-8(13)6-11(15)14-9(7-12(16)17-2)10-4-3-5-18-10/h3-5,8-9H,6-7,13H2,1-2H3,(H,14,15). The molecule has 18 heavy (non-hydrogen) atoms. The zero-order valence-corrected chi connectivity index (χ0v) is 11.3. The number of ether oxygens (including phenoxy) is 1. The summed E-state index contributed by atoms with van der Waals surface area (Å²) in [5, 5.41) is 4.71. The van der Waals surface area contributed by atoms with Crippen LogP contribution in [0.5, 0.6) is 0 Å². The molecule has 1 amide bonds. The third kappa shape index (κ3) is 4.85. The van der Waals surface area contributed by atoms with Gasteiger partial charge < -0.3 is 15.8 Å². The molecule has 0 saturated carbocycles. The molecule has 0 aliphatic heterocycles. The van der Waals surface area contributed by atoms with Gasteiger partial charge in [0.15, 0.2) is 0 Å². The predicted octanol–water partition coefficient (Wildman–Crippen LogP) is 1.21. The highest BCUT2D eigenvalue weighted by Gasteiger charge is 2.20. The first-order valence-electron chi connectivity index (χ1n) is 5.68. The maximum absolute atomic E-state index is 11.7. The van der Waals surface area contributed by atoms with Gasteiger partial charge in [-0.25, -0.2) is 0 Å². The molecule has 1 aromatic rings. The van der Waals surface area contributed by atoms with Crippen LogP contribution in [0.15, 0.2) is 17.5 Å². The Labute approximate surface area is 110 Å². The lowest BCUT2D eigenvalue weighted by Crippen LogP contribution is -2.33. The van der Waals surface area contributed by atoms with Gasteiger partial charge in [-0.2, -0.15) is 0 Å². The fourth-order valence-electron chi connectivity index (χ4n) is 1.51. The second-order valence-corrected chi connectivity index (χ2v) is 5.08. The average molecular weight is 270 g/mol. The van der Waals surface area contributed by atoms with E-state index in [0.717, 1.165) is 4.88 Å².